The van der Waals surface area contributed by atoms with Crippen LogP contribution in [0.2, 0.25) is 0 Å². The quantitative estimate of drug-likeness (QED) is 0.781. The molecule has 0 N–H and O–H groups in total. The van der Waals surface area contributed by atoms with E-state index in [9.17, 15) is 0 Å². The van der Waals surface area contributed by atoms with Crippen molar-refractivity contribution in [3.05, 3.63) is 40.9 Å². The molecule has 2 heterocycles. The molecular formula is C16H23N5OS. The van der Waals surface area contributed by atoms with Gasteiger partial charge in [0.25, 0.3) is 0 Å². The fourth-order valence-corrected chi connectivity index (χ4v) is 2.89. The fourth-order valence-electron chi connectivity index (χ4n) is 2.74. The molecule has 1 aromatic carbocycles. The van der Waals surface area contributed by atoms with Gasteiger partial charge in [0.15, 0.2) is 4.77 Å². The van der Waals surface area contributed by atoms with Gasteiger partial charge in [0.05, 0.1) is 19.9 Å². The molecule has 0 amide bonds. The Morgan fingerprint density at radius 3 is 2.52 bits per heavy atom. The fraction of sp³-hybridized carbons (Fsp3) is 0.500. The molecule has 124 valence electrons. The van der Waals surface area contributed by atoms with Gasteiger partial charge >= 0.3 is 0 Å². The second-order valence-electron chi connectivity index (χ2n) is 5.95. The zero-order valence-electron chi connectivity index (χ0n) is 13.7. The standard InChI is InChI=1S/C16H23N5OS/c1-18(13-21-16(23)19(2)12-17-21)11-14-3-5-15(6-4-14)20-7-9-22-10-8-20/h3-6,12H,7-11,13H2,1-2H3. The number of rotatable bonds is 5. The van der Waals surface area contributed by atoms with Gasteiger partial charge in [-0.3, -0.25) is 4.90 Å². The second kappa shape index (κ2) is 7.25. The lowest BCUT2D eigenvalue weighted by Crippen LogP contribution is -2.36. The van der Waals surface area contributed by atoms with Crippen LogP contribution in [0.25, 0.3) is 0 Å². The summed E-state index contributed by atoms with van der Waals surface area (Å²) in [6.45, 7) is 5.12. The van der Waals surface area contributed by atoms with Gasteiger partial charge in [0, 0.05) is 32.4 Å². The minimum atomic E-state index is 0.685. The van der Waals surface area contributed by atoms with Crippen LogP contribution in [-0.4, -0.2) is 52.6 Å². The first-order chi connectivity index (χ1) is 11.1. The molecule has 1 saturated heterocycles. The summed E-state index contributed by atoms with van der Waals surface area (Å²) in [5.41, 5.74) is 2.55. The topological polar surface area (TPSA) is 38.5 Å². The lowest BCUT2D eigenvalue weighted by Gasteiger charge is -2.29. The number of aromatic nitrogens is 3. The molecule has 0 saturated carbocycles. The summed E-state index contributed by atoms with van der Waals surface area (Å²) in [7, 11) is 3.99. The molecule has 7 heteroatoms. The van der Waals surface area contributed by atoms with Crippen LogP contribution in [0.3, 0.4) is 0 Å². The smallest absolute Gasteiger partial charge is 0.198 e. The molecular weight excluding hydrogens is 310 g/mol. The molecule has 6 nitrogen and oxygen atoms in total. The molecule has 23 heavy (non-hydrogen) atoms. The Bertz CT molecular complexity index is 687. The number of hydrogen-bond acceptors (Lipinski definition) is 5. The van der Waals surface area contributed by atoms with Crippen LogP contribution in [0.4, 0.5) is 5.69 Å². The van der Waals surface area contributed by atoms with E-state index in [4.69, 9.17) is 17.0 Å². The average Bonchev–Trinajstić information content (AvgIpc) is 2.88. The number of benzene rings is 1. The SMILES string of the molecule is CN(Cc1ccc(N2CCOCC2)cc1)Cn1ncn(C)c1=S. The van der Waals surface area contributed by atoms with Crippen LogP contribution >= 0.6 is 12.2 Å². The third-order valence-electron chi connectivity index (χ3n) is 4.03. The van der Waals surface area contributed by atoms with Gasteiger partial charge < -0.3 is 14.2 Å². The van der Waals surface area contributed by atoms with E-state index >= 15 is 0 Å². The molecule has 1 aromatic heterocycles. The maximum Gasteiger partial charge on any atom is 0.198 e. The summed E-state index contributed by atoms with van der Waals surface area (Å²) in [4.78, 5) is 4.57. The summed E-state index contributed by atoms with van der Waals surface area (Å²) < 4.78 is 9.81. The maximum absolute atomic E-state index is 5.40. The van der Waals surface area contributed by atoms with Crippen LogP contribution in [0.5, 0.6) is 0 Å². The van der Waals surface area contributed by atoms with Gasteiger partial charge in [0.2, 0.25) is 0 Å². The average molecular weight is 333 g/mol. The molecule has 1 aliphatic rings. The highest BCUT2D eigenvalue weighted by molar-refractivity contribution is 7.71. The molecule has 0 bridgehead atoms. The lowest BCUT2D eigenvalue weighted by molar-refractivity contribution is 0.122. The van der Waals surface area contributed by atoms with Crippen molar-refractivity contribution in [1.29, 1.82) is 0 Å². The van der Waals surface area contributed by atoms with E-state index in [1.54, 1.807) is 6.33 Å². The van der Waals surface area contributed by atoms with Gasteiger partial charge in [-0.1, -0.05) is 12.1 Å². The van der Waals surface area contributed by atoms with E-state index in [0.29, 0.717) is 6.67 Å². The van der Waals surface area contributed by atoms with Crippen molar-refractivity contribution in [3.63, 3.8) is 0 Å². The normalized spacial score (nSPS) is 15.3. The van der Waals surface area contributed by atoms with Crippen LogP contribution < -0.4 is 4.90 Å². The van der Waals surface area contributed by atoms with Crippen molar-refractivity contribution >= 4 is 17.9 Å². The van der Waals surface area contributed by atoms with Gasteiger partial charge in [-0.25, -0.2) is 4.68 Å². The molecule has 1 aliphatic heterocycles. The first-order valence-electron chi connectivity index (χ1n) is 7.82. The minimum Gasteiger partial charge on any atom is -0.378 e. The molecule has 3 rings (SSSR count). The number of hydrogen-bond donors (Lipinski definition) is 0. The highest BCUT2D eigenvalue weighted by atomic mass is 32.1. The second-order valence-corrected chi connectivity index (χ2v) is 6.31. The van der Waals surface area contributed by atoms with Gasteiger partial charge in [-0.2, -0.15) is 5.10 Å². The number of aryl methyl sites for hydroxylation is 1. The van der Waals surface area contributed by atoms with E-state index in [0.717, 1.165) is 37.6 Å². The largest absolute Gasteiger partial charge is 0.378 e. The summed E-state index contributed by atoms with van der Waals surface area (Å²) in [6.07, 6.45) is 1.74. The Balaban J connectivity index is 1.59. The number of nitrogens with zero attached hydrogens (tertiary/aromatic N) is 5. The predicted molar refractivity (Wildman–Crippen MR) is 93.0 cm³/mol. The van der Waals surface area contributed by atoms with Crippen molar-refractivity contribution in [3.8, 4) is 0 Å². The van der Waals surface area contributed by atoms with Gasteiger partial charge in [-0.15, -0.1) is 0 Å². The van der Waals surface area contributed by atoms with Crippen LogP contribution in [-0.2, 0) is 25.0 Å². The van der Waals surface area contributed by atoms with Crippen molar-refractivity contribution in [2.24, 2.45) is 7.05 Å². The van der Waals surface area contributed by atoms with Crippen molar-refractivity contribution in [2.45, 2.75) is 13.2 Å². The maximum atomic E-state index is 5.40. The minimum absolute atomic E-state index is 0.685. The van der Waals surface area contributed by atoms with Crippen LogP contribution in [0.15, 0.2) is 30.6 Å². The van der Waals surface area contributed by atoms with E-state index < -0.39 is 0 Å². The molecule has 0 atom stereocenters. The van der Waals surface area contributed by atoms with Crippen molar-refractivity contribution in [2.75, 3.05) is 38.3 Å². The van der Waals surface area contributed by atoms with Gasteiger partial charge in [-0.05, 0) is 37.0 Å². The molecule has 1 fully saturated rings. The Hall–Kier alpha value is -1.70. The summed E-state index contributed by atoms with van der Waals surface area (Å²) >= 11 is 5.32. The Kier molecular flexibility index (Phi) is 5.09. The molecule has 0 aliphatic carbocycles. The number of anilines is 1. The molecule has 0 unspecified atom stereocenters. The van der Waals surface area contributed by atoms with E-state index in [2.05, 4.69) is 46.2 Å². The van der Waals surface area contributed by atoms with Gasteiger partial charge in [0.1, 0.15) is 6.33 Å². The van der Waals surface area contributed by atoms with E-state index in [1.165, 1.54) is 11.3 Å². The summed E-state index contributed by atoms with van der Waals surface area (Å²) in [6, 6.07) is 8.78. The third kappa shape index (κ3) is 3.99. The van der Waals surface area contributed by atoms with Crippen molar-refractivity contribution < 1.29 is 4.74 Å². The highest BCUT2D eigenvalue weighted by Crippen LogP contribution is 2.17. The molecule has 2 aromatic rings. The predicted octanol–water partition coefficient (Wildman–Crippen LogP) is 1.88. The number of morpholine rings is 1. The Morgan fingerprint density at radius 2 is 1.91 bits per heavy atom. The molecule has 0 radical (unpaired) electrons. The van der Waals surface area contributed by atoms with Crippen LogP contribution in [0.1, 0.15) is 5.56 Å². The highest BCUT2D eigenvalue weighted by Gasteiger charge is 2.11. The van der Waals surface area contributed by atoms with Crippen LogP contribution in [0, 0.1) is 4.77 Å². The monoisotopic (exact) mass is 333 g/mol. The van der Waals surface area contributed by atoms with E-state index in [1.807, 2.05) is 16.3 Å². The zero-order valence-corrected chi connectivity index (χ0v) is 14.5. The zero-order chi connectivity index (χ0) is 16.2. The molecule has 0 spiro atoms. The summed E-state index contributed by atoms with van der Waals surface area (Å²) in [5.74, 6) is 0. The van der Waals surface area contributed by atoms with E-state index in [-0.39, 0.29) is 0 Å². The summed E-state index contributed by atoms with van der Waals surface area (Å²) in [5, 5.41) is 4.29. The Labute approximate surface area is 141 Å². The van der Waals surface area contributed by atoms with Crippen molar-refractivity contribution in [1.82, 2.24) is 19.2 Å². The lowest BCUT2D eigenvalue weighted by atomic mass is 10.2. The number of ether oxygens (including phenoxy) is 1. The first-order valence-corrected chi connectivity index (χ1v) is 8.23. The Morgan fingerprint density at radius 1 is 1.22 bits per heavy atom. The first kappa shape index (κ1) is 16.2. The third-order valence-corrected chi connectivity index (χ3v) is 4.53.